The topological polar surface area (TPSA) is 54.4 Å². The predicted molar refractivity (Wildman–Crippen MR) is 132 cm³/mol. The molecule has 0 unspecified atom stereocenters. The van der Waals surface area contributed by atoms with Crippen molar-refractivity contribution in [2.75, 3.05) is 0 Å². The normalized spacial score (nSPS) is 16.4. The van der Waals surface area contributed by atoms with Gasteiger partial charge in [-0.1, -0.05) is 61.2 Å². The van der Waals surface area contributed by atoms with Gasteiger partial charge in [-0.3, -0.25) is 9.78 Å². The zero-order chi connectivity index (χ0) is 21.8. The van der Waals surface area contributed by atoms with Crippen LogP contribution in [0.2, 0.25) is 10.0 Å². The van der Waals surface area contributed by atoms with E-state index in [1.165, 1.54) is 24.6 Å². The molecule has 0 saturated carbocycles. The van der Waals surface area contributed by atoms with E-state index in [4.69, 9.17) is 28.2 Å². The lowest BCUT2D eigenvalue weighted by Crippen LogP contribution is -2.19. The van der Waals surface area contributed by atoms with Crippen LogP contribution < -0.4 is 5.32 Å². The van der Waals surface area contributed by atoms with Gasteiger partial charge in [0.2, 0.25) is 0 Å². The van der Waals surface area contributed by atoms with Gasteiger partial charge in [0.05, 0.1) is 20.5 Å². The van der Waals surface area contributed by atoms with Crippen LogP contribution in [0.1, 0.15) is 37.4 Å². The molecule has 31 heavy (non-hydrogen) atoms. The number of halogens is 2. The van der Waals surface area contributed by atoms with E-state index in [9.17, 15) is 4.79 Å². The summed E-state index contributed by atoms with van der Waals surface area (Å²) in [5, 5.41) is 5.14. The fourth-order valence-electron chi connectivity index (χ4n) is 3.30. The number of amidine groups is 1. The molecule has 3 aromatic rings. The number of pyridine rings is 1. The van der Waals surface area contributed by atoms with Crippen molar-refractivity contribution in [2.24, 2.45) is 4.99 Å². The number of carbonyl (C=O) groups excluding carboxylic acids is 1. The first-order valence-corrected chi connectivity index (χ1v) is 11.7. The Morgan fingerprint density at radius 1 is 1.10 bits per heavy atom. The highest BCUT2D eigenvalue weighted by Gasteiger charge is 2.24. The Hall–Kier alpha value is -2.34. The number of rotatable bonds is 6. The van der Waals surface area contributed by atoms with Crippen molar-refractivity contribution in [2.45, 2.75) is 32.6 Å². The molecule has 1 amide bonds. The van der Waals surface area contributed by atoms with Gasteiger partial charge in [0.1, 0.15) is 5.69 Å². The lowest BCUT2D eigenvalue weighted by atomic mass is 10.1. The molecule has 1 saturated heterocycles. The molecular formula is C24H21Cl2N3OS. The Morgan fingerprint density at radius 2 is 1.90 bits per heavy atom. The molecule has 1 aliphatic rings. The zero-order valence-electron chi connectivity index (χ0n) is 17.0. The smallest absolute Gasteiger partial charge is 0.264 e. The van der Waals surface area contributed by atoms with Crippen LogP contribution in [-0.2, 0) is 11.2 Å². The first-order chi connectivity index (χ1) is 15.0. The molecule has 0 radical (unpaired) electrons. The number of carbonyl (C=O) groups is 1. The number of nitrogens with one attached hydrogen (secondary N) is 1. The fourth-order valence-corrected chi connectivity index (χ4v) is 4.61. The predicted octanol–water partition coefficient (Wildman–Crippen LogP) is 7.17. The molecule has 4 nitrogen and oxygen atoms in total. The van der Waals surface area contributed by atoms with E-state index in [1.54, 1.807) is 18.2 Å². The molecule has 4 rings (SSSR count). The van der Waals surface area contributed by atoms with E-state index < -0.39 is 0 Å². The van der Waals surface area contributed by atoms with Gasteiger partial charge in [-0.2, -0.15) is 0 Å². The van der Waals surface area contributed by atoms with E-state index in [2.05, 4.69) is 29.4 Å². The summed E-state index contributed by atoms with van der Waals surface area (Å²) >= 11 is 13.6. The number of hydrogen-bond acceptors (Lipinski definition) is 4. The molecule has 0 bridgehead atoms. The minimum Gasteiger partial charge on any atom is -0.300 e. The fraction of sp³-hybridized carbons (Fsp3) is 0.208. The van der Waals surface area contributed by atoms with E-state index >= 15 is 0 Å². The van der Waals surface area contributed by atoms with Gasteiger partial charge in [-0.05, 0) is 66.6 Å². The highest BCUT2D eigenvalue weighted by molar-refractivity contribution is 8.18. The maximum atomic E-state index is 12.4. The first-order valence-electron chi connectivity index (χ1n) is 10.2. The Kier molecular flexibility index (Phi) is 6.96. The summed E-state index contributed by atoms with van der Waals surface area (Å²) in [6.07, 6.45) is 6.44. The lowest BCUT2D eigenvalue weighted by Gasteiger charge is -2.04. The lowest BCUT2D eigenvalue weighted by molar-refractivity contribution is -0.115. The summed E-state index contributed by atoms with van der Waals surface area (Å²) < 4.78 is 0. The van der Waals surface area contributed by atoms with Gasteiger partial charge in [0.15, 0.2) is 5.17 Å². The number of thioether (sulfide) groups is 1. The number of nitrogens with zero attached hydrogens (tertiary/aromatic N) is 2. The average Bonchev–Trinajstić information content (AvgIpc) is 3.10. The van der Waals surface area contributed by atoms with Gasteiger partial charge >= 0.3 is 0 Å². The third kappa shape index (κ3) is 5.29. The summed E-state index contributed by atoms with van der Waals surface area (Å²) in [5.41, 5.74) is 3.47. The quantitative estimate of drug-likeness (QED) is 0.307. The molecular weight excluding hydrogens is 449 g/mol. The Balaban J connectivity index is 1.54. The number of fused-ring (bicyclic) bond motifs is 1. The molecule has 1 N–H and O–H groups in total. The second-order valence-corrected chi connectivity index (χ2v) is 9.11. The van der Waals surface area contributed by atoms with Crippen LogP contribution in [0.25, 0.3) is 17.0 Å². The standard InChI is InChI=1S/C24H21Cl2N3OS/c1-2-3-4-6-17-11-10-16-13-15(9-12-20(16)27-17)14-21-23(30)29-24(31-21)28-22-18(25)7-5-8-19(22)26/h5,7-14H,2-4,6H2,1H3,(H,28,29,30). The average molecular weight is 470 g/mol. The SMILES string of the molecule is CCCCCc1ccc2cc(C=C3SC(=Nc4c(Cl)cccc4Cl)NC3=O)ccc2n1. The summed E-state index contributed by atoms with van der Waals surface area (Å²) in [6.45, 7) is 2.20. The van der Waals surface area contributed by atoms with Crippen molar-refractivity contribution in [3.63, 3.8) is 0 Å². The molecule has 0 atom stereocenters. The molecule has 2 aromatic carbocycles. The first kappa shape index (κ1) is 21.9. The van der Waals surface area contributed by atoms with Crippen LogP contribution in [0.15, 0.2) is 58.4 Å². The summed E-state index contributed by atoms with van der Waals surface area (Å²) in [6, 6.07) is 15.4. The van der Waals surface area contributed by atoms with Gasteiger partial charge < -0.3 is 5.32 Å². The van der Waals surface area contributed by atoms with Crippen molar-refractivity contribution in [3.05, 3.63) is 74.7 Å². The molecule has 7 heteroatoms. The van der Waals surface area contributed by atoms with Crippen LogP contribution >= 0.6 is 35.0 Å². The van der Waals surface area contributed by atoms with Gasteiger partial charge in [0.25, 0.3) is 5.91 Å². The van der Waals surface area contributed by atoms with Crippen molar-refractivity contribution in [1.82, 2.24) is 10.3 Å². The zero-order valence-corrected chi connectivity index (χ0v) is 19.3. The van der Waals surface area contributed by atoms with Crippen LogP contribution in [0, 0.1) is 0 Å². The third-order valence-corrected chi connectivity index (χ3v) is 6.43. The summed E-state index contributed by atoms with van der Waals surface area (Å²) in [7, 11) is 0. The van der Waals surface area contributed by atoms with Crippen molar-refractivity contribution < 1.29 is 4.79 Å². The Bertz CT molecular complexity index is 1190. The van der Waals surface area contributed by atoms with Crippen LogP contribution in [0.3, 0.4) is 0 Å². The monoisotopic (exact) mass is 469 g/mol. The highest BCUT2D eigenvalue weighted by atomic mass is 35.5. The number of para-hydroxylation sites is 1. The van der Waals surface area contributed by atoms with E-state index in [0.717, 1.165) is 35.0 Å². The maximum absolute atomic E-state index is 12.4. The molecule has 158 valence electrons. The number of benzene rings is 2. The van der Waals surface area contributed by atoms with E-state index in [1.807, 2.05) is 24.3 Å². The van der Waals surface area contributed by atoms with Crippen molar-refractivity contribution >= 4 is 68.7 Å². The maximum Gasteiger partial charge on any atom is 0.264 e. The third-order valence-electron chi connectivity index (χ3n) is 4.91. The minimum atomic E-state index is -0.198. The van der Waals surface area contributed by atoms with Crippen LogP contribution in [-0.4, -0.2) is 16.1 Å². The van der Waals surface area contributed by atoms with Gasteiger partial charge in [-0.25, -0.2) is 4.99 Å². The number of aryl methyl sites for hydroxylation is 1. The second-order valence-electron chi connectivity index (χ2n) is 7.26. The number of aliphatic imine (C=N–C) groups is 1. The molecule has 0 spiro atoms. The number of amides is 1. The number of unbranched alkanes of at least 4 members (excludes halogenated alkanes) is 2. The Morgan fingerprint density at radius 3 is 2.68 bits per heavy atom. The number of hydrogen-bond donors (Lipinski definition) is 1. The molecule has 1 fully saturated rings. The van der Waals surface area contributed by atoms with E-state index in [-0.39, 0.29) is 5.91 Å². The summed E-state index contributed by atoms with van der Waals surface area (Å²) in [4.78, 5) is 22.2. The van der Waals surface area contributed by atoms with E-state index in [0.29, 0.717) is 25.8 Å². The van der Waals surface area contributed by atoms with Crippen molar-refractivity contribution in [1.29, 1.82) is 0 Å². The number of aromatic nitrogens is 1. The molecule has 2 heterocycles. The van der Waals surface area contributed by atoms with Gasteiger partial charge in [0, 0.05) is 11.1 Å². The largest absolute Gasteiger partial charge is 0.300 e. The molecule has 1 aliphatic heterocycles. The minimum absolute atomic E-state index is 0.198. The Labute approximate surface area is 195 Å². The molecule has 1 aromatic heterocycles. The van der Waals surface area contributed by atoms with Crippen molar-refractivity contribution in [3.8, 4) is 0 Å². The molecule has 0 aliphatic carbocycles. The van der Waals surface area contributed by atoms with Crippen LogP contribution in [0.5, 0.6) is 0 Å². The van der Waals surface area contributed by atoms with Gasteiger partial charge in [-0.15, -0.1) is 0 Å². The highest BCUT2D eigenvalue weighted by Crippen LogP contribution is 2.35. The summed E-state index contributed by atoms with van der Waals surface area (Å²) in [5.74, 6) is -0.198. The second kappa shape index (κ2) is 9.86. The van der Waals surface area contributed by atoms with Crippen LogP contribution in [0.4, 0.5) is 5.69 Å².